The van der Waals surface area contributed by atoms with Gasteiger partial charge in [-0.05, 0) is 30.2 Å². The van der Waals surface area contributed by atoms with E-state index in [1.807, 2.05) is 31.2 Å². The van der Waals surface area contributed by atoms with Crippen molar-refractivity contribution in [2.24, 2.45) is 5.73 Å². The van der Waals surface area contributed by atoms with E-state index >= 15 is 0 Å². The van der Waals surface area contributed by atoms with Crippen molar-refractivity contribution in [3.05, 3.63) is 63.6 Å². The van der Waals surface area contributed by atoms with E-state index in [0.29, 0.717) is 13.1 Å². The maximum atomic E-state index is 11.8. The number of hydrogen-bond acceptors (Lipinski definition) is 3. The zero-order valence-electron chi connectivity index (χ0n) is 11.2. The Balaban J connectivity index is 2.30. The lowest BCUT2D eigenvalue weighted by Gasteiger charge is -2.10. The van der Waals surface area contributed by atoms with Crippen LogP contribution in [0.2, 0.25) is 0 Å². The Hall–Kier alpha value is -2.07. The third-order valence-corrected chi connectivity index (χ3v) is 3.08. The van der Waals surface area contributed by atoms with Gasteiger partial charge >= 0.3 is 0 Å². The third kappa shape index (κ3) is 3.03. The minimum absolute atomic E-state index is 0.00173. The van der Waals surface area contributed by atoms with E-state index in [9.17, 15) is 4.79 Å². The van der Waals surface area contributed by atoms with Gasteiger partial charge in [-0.15, -0.1) is 0 Å². The molecule has 0 amide bonds. The van der Waals surface area contributed by atoms with Crippen LogP contribution in [0.1, 0.15) is 16.7 Å². The van der Waals surface area contributed by atoms with Crippen LogP contribution in [0.15, 0.2) is 41.3 Å². The third-order valence-electron chi connectivity index (χ3n) is 3.08. The molecule has 2 rings (SSSR count). The van der Waals surface area contributed by atoms with E-state index in [0.717, 1.165) is 22.4 Å². The van der Waals surface area contributed by atoms with E-state index in [4.69, 9.17) is 10.5 Å². The summed E-state index contributed by atoms with van der Waals surface area (Å²) in [6.45, 7) is 2.87. The zero-order valence-corrected chi connectivity index (χ0v) is 11.2. The number of rotatable bonds is 4. The minimum atomic E-state index is 0.00173. The van der Waals surface area contributed by atoms with Crippen molar-refractivity contribution in [2.45, 2.75) is 20.0 Å². The number of hydrogen-bond donors (Lipinski definition) is 1. The van der Waals surface area contributed by atoms with Crippen molar-refractivity contribution in [3.63, 3.8) is 0 Å². The van der Waals surface area contributed by atoms with Gasteiger partial charge in [-0.25, -0.2) is 0 Å². The normalized spacial score (nSPS) is 10.5. The number of nitrogens with two attached hydrogens (primary N) is 1. The second-order valence-electron chi connectivity index (χ2n) is 4.52. The summed E-state index contributed by atoms with van der Waals surface area (Å²) in [7, 11) is 1.62. The number of aryl methyl sites for hydroxylation is 1. The van der Waals surface area contributed by atoms with Crippen LogP contribution in [0.3, 0.4) is 0 Å². The molecular formula is C15H18N2O2. The van der Waals surface area contributed by atoms with Gasteiger partial charge in [0, 0.05) is 24.4 Å². The average Bonchev–Trinajstić information content (AvgIpc) is 2.41. The Labute approximate surface area is 112 Å². The van der Waals surface area contributed by atoms with E-state index in [2.05, 4.69) is 0 Å². The van der Waals surface area contributed by atoms with Gasteiger partial charge in [-0.1, -0.05) is 12.1 Å². The first-order valence-corrected chi connectivity index (χ1v) is 6.17. The Morgan fingerprint density at radius 2 is 2.05 bits per heavy atom. The molecular weight excluding hydrogens is 240 g/mol. The lowest BCUT2D eigenvalue weighted by molar-refractivity contribution is 0.409. The van der Waals surface area contributed by atoms with E-state index < -0.39 is 0 Å². The molecule has 100 valence electrons. The summed E-state index contributed by atoms with van der Waals surface area (Å²) in [5.41, 5.74) is 8.58. The summed E-state index contributed by atoms with van der Waals surface area (Å²) in [5, 5.41) is 0. The summed E-state index contributed by atoms with van der Waals surface area (Å²) in [6.07, 6.45) is 1.81. The fraction of sp³-hybridized carbons (Fsp3) is 0.267. The smallest absolute Gasteiger partial charge is 0.251 e. The number of pyridine rings is 1. The molecule has 0 spiro atoms. The van der Waals surface area contributed by atoms with E-state index in [-0.39, 0.29) is 5.56 Å². The molecule has 0 bridgehead atoms. The molecule has 0 fully saturated rings. The van der Waals surface area contributed by atoms with Gasteiger partial charge < -0.3 is 15.0 Å². The molecule has 2 aromatic rings. The van der Waals surface area contributed by atoms with Crippen LogP contribution in [0, 0.1) is 6.92 Å². The molecule has 0 saturated heterocycles. The van der Waals surface area contributed by atoms with Crippen molar-refractivity contribution < 1.29 is 4.74 Å². The molecule has 0 aliphatic carbocycles. The highest BCUT2D eigenvalue weighted by Crippen LogP contribution is 2.20. The molecule has 4 nitrogen and oxygen atoms in total. The van der Waals surface area contributed by atoms with Gasteiger partial charge in [0.1, 0.15) is 5.75 Å². The highest BCUT2D eigenvalue weighted by atomic mass is 16.5. The molecule has 0 unspecified atom stereocenters. The molecule has 19 heavy (non-hydrogen) atoms. The van der Waals surface area contributed by atoms with Crippen LogP contribution in [0.4, 0.5) is 0 Å². The molecule has 1 heterocycles. The molecule has 1 aromatic heterocycles. The predicted molar refractivity (Wildman–Crippen MR) is 75.4 cm³/mol. The Morgan fingerprint density at radius 1 is 1.26 bits per heavy atom. The lowest BCUT2D eigenvalue weighted by Crippen LogP contribution is -2.19. The number of nitrogens with zero attached hydrogens (tertiary/aromatic N) is 1. The minimum Gasteiger partial charge on any atom is -0.496 e. The maximum absolute atomic E-state index is 11.8. The fourth-order valence-electron chi connectivity index (χ4n) is 1.99. The summed E-state index contributed by atoms with van der Waals surface area (Å²) in [5.74, 6) is 0.764. The maximum Gasteiger partial charge on any atom is 0.251 e. The topological polar surface area (TPSA) is 57.2 Å². The van der Waals surface area contributed by atoms with Gasteiger partial charge in [0.25, 0.3) is 5.56 Å². The second kappa shape index (κ2) is 5.71. The van der Waals surface area contributed by atoms with Gasteiger partial charge in [-0.3, -0.25) is 4.79 Å². The Kier molecular flexibility index (Phi) is 4.02. The summed E-state index contributed by atoms with van der Waals surface area (Å²) >= 11 is 0. The van der Waals surface area contributed by atoms with Crippen LogP contribution in [0.5, 0.6) is 5.75 Å². The summed E-state index contributed by atoms with van der Waals surface area (Å²) in [6, 6.07) is 9.39. The molecule has 2 N–H and O–H groups in total. The first kappa shape index (κ1) is 13.4. The lowest BCUT2D eigenvalue weighted by atomic mass is 10.1. The van der Waals surface area contributed by atoms with Crippen molar-refractivity contribution >= 4 is 0 Å². The Bertz CT molecular complexity index is 632. The fourth-order valence-corrected chi connectivity index (χ4v) is 1.99. The van der Waals surface area contributed by atoms with Gasteiger partial charge in [0.05, 0.1) is 13.7 Å². The molecule has 0 radical (unpaired) electrons. The van der Waals surface area contributed by atoms with Crippen LogP contribution in [-0.4, -0.2) is 11.7 Å². The number of aromatic nitrogens is 1. The van der Waals surface area contributed by atoms with Crippen LogP contribution < -0.4 is 16.0 Å². The molecule has 0 aliphatic rings. The van der Waals surface area contributed by atoms with E-state index in [1.54, 1.807) is 23.9 Å². The van der Waals surface area contributed by atoms with Crippen molar-refractivity contribution in [2.75, 3.05) is 7.11 Å². The first-order chi connectivity index (χ1) is 9.13. The highest BCUT2D eigenvalue weighted by molar-refractivity contribution is 5.37. The van der Waals surface area contributed by atoms with Crippen LogP contribution in [-0.2, 0) is 13.1 Å². The van der Waals surface area contributed by atoms with Gasteiger partial charge in [0.15, 0.2) is 0 Å². The average molecular weight is 258 g/mol. The number of ether oxygens (including phenoxy) is 1. The standard InChI is InChI=1S/C15H18N2O2/c1-11-5-6-17(15(18)7-11)10-12-3-4-13(9-16)14(8-12)19-2/h3-8H,9-10,16H2,1-2H3. The Morgan fingerprint density at radius 3 is 2.68 bits per heavy atom. The second-order valence-corrected chi connectivity index (χ2v) is 4.52. The largest absolute Gasteiger partial charge is 0.496 e. The van der Waals surface area contributed by atoms with Crippen LogP contribution >= 0.6 is 0 Å². The molecule has 0 aliphatic heterocycles. The quantitative estimate of drug-likeness (QED) is 0.907. The van der Waals surface area contributed by atoms with Crippen molar-refractivity contribution in [1.29, 1.82) is 0 Å². The summed E-state index contributed by atoms with van der Waals surface area (Å²) in [4.78, 5) is 11.8. The molecule has 1 aromatic carbocycles. The predicted octanol–water partition coefficient (Wildman–Crippen LogP) is 1.67. The zero-order chi connectivity index (χ0) is 13.8. The van der Waals surface area contributed by atoms with Crippen molar-refractivity contribution in [3.8, 4) is 5.75 Å². The molecule has 0 atom stereocenters. The monoisotopic (exact) mass is 258 g/mol. The highest BCUT2D eigenvalue weighted by Gasteiger charge is 2.04. The van der Waals surface area contributed by atoms with E-state index in [1.165, 1.54) is 0 Å². The van der Waals surface area contributed by atoms with Gasteiger partial charge in [-0.2, -0.15) is 0 Å². The van der Waals surface area contributed by atoms with Gasteiger partial charge in [0.2, 0.25) is 0 Å². The summed E-state index contributed by atoms with van der Waals surface area (Å²) < 4.78 is 6.97. The SMILES string of the molecule is COc1cc(Cn2ccc(C)cc2=O)ccc1CN. The van der Waals surface area contributed by atoms with Crippen molar-refractivity contribution in [1.82, 2.24) is 4.57 Å². The number of methoxy groups -OCH3 is 1. The first-order valence-electron chi connectivity index (χ1n) is 6.17. The number of benzene rings is 1. The molecule has 0 saturated carbocycles. The molecule has 4 heteroatoms. The van der Waals surface area contributed by atoms with Crippen LogP contribution in [0.25, 0.3) is 0 Å².